The van der Waals surface area contributed by atoms with Gasteiger partial charge < -0.3 is 20.1 Å². The number of carbonyl (C=O) groups excluding carboxylic acids is 1. The molecule has 0 radical (unpaired) electrons. The number of ether oxygens (including phenoxy) is 1. The maximum absolute atomic E-state index is 12.5. The fraction of sp³-hybridized carbons (Fsp3) is 0.708. The molecule has 2 fully saturated rings. The van der Waals surface area contributed by atoms with Gasteiger partial charge in [-0.2, -0.15) is 0 Å². The minimum absolute atomic E-state index is 0.205. The summed E-state index contributed by atoms with van der Waals surface area (Å²) in [5, 5.41) is 13.4. The second-order valence-corrected chi connectivity index (χ2v) is 8.90. The van der Waals surface area contributed by atoms with Crippen LogP contribution >= 0.6 is 0 Å². The third-order valence-corrected chi connectivity index (χ3v) is 6.83. The summed E-state index contributed by atoms with van der Waals surface area (Å²) in [4.78, 5) is 17.4. The second-order valence-electron chi connectivity index (χ2n) is 8.90. The van der Waals surface area contributed by atoms with Gasteiger partial charge in [-0.25, -0.2) is 0 Å². The molecule has 0 aromatic heterocycles. The fourth-order valence-corrected chi connectivity index (χ4v) is 4.92. The van der Waals surface area contributed by atoms with Crippen molar-refractivity contribution in [2.75, 3.05) is 46.4 Å². The van der Waals surface area contributed by atoms with Gasteiger partial charge in [0.1, 0.15) is 11.5 Å². The molecule has 3 rings (SSSR count). The van der Waals surface area contributed by atoms with Crippen LogP contribution in [-0.2, 0) is 11.3 Å². The van der Waals surface area contributed by atoms with E-state index in [1.54, 1.807) is 13.2 Å². The standard InChI is InChI=1S/C24H39N3O3/c1-3-19-17-27(18-21-7-8-22(30-2)16-23(21)28)13-9-20(19)15-24(29)25-10-14-26-11-5-4-6-12-26/h7-8,16,19-20,28H,3-6,9-15,17-18H2,1-2H3,(H,25,29)/t19-,20+/m1/s1. The number of piperidine rings is 2. The number of methoxy groups -OCH3 is 1. The molecule has 6 nitrogen and oxygen atoms in total. The van der Waals surface area contributed by atoms with E-state index in [1.807, 2.05) is 12.1 Å². The number of carbonyl (C=O) groups is 1. The van der Waals surface area contributed by atoms with Crippen LogP contribution in [0.5, 0.6) is 11.5 Å². The maximum Gasteiger partial charge on any atom is 0.220 e. The number of nitrogens with zero attached hydrogens (tertiary/aromatic N) is 2. The number of phenols is 1. The van der Waals surface area contributed by atoms with Crippen molar-refractivity contribution >= 4 is 5.91 Å². The number of benzene rings is 1. The van der Waals surface area contributed by atoms with E-state index in [2.05, 4.69) is 22.0 Å². The van der Waals surface area contributed by atoms with Crippen molar-refractivity contribution in [3.63, 3.8) is 0 Å². The van der Waals surface area contributed by atoms with Crippen LogP contribution in [0.25, 0.3) is 0 Å². The minimum atomic E-state index is 0.205. The first-order valence-corrected chi connectivity index (χ1v) is 11.7. The predicted molar refractivity (Wildman–Crippen MR) is 120 cm³/mol. The van der Waals surface area contributed by atoms with Crippen molar-refractivity contribution in [2.45, 2.75) is 52.0 Å². The summed E-state index contributed by atoms with van der Waals surface area (Å²) < 4.78 is 5.17. The Hall–Kier alpha value is -1.79. The second kappa shape index (κ2) is 11.6. The Kier molecular flexibility index (Phi) is 8.82. The summed E-state index contributed by atoms with van der Waals surface area (Å²) >= 11 is 0. The molecule has 6 heteroatoms. The van der Waals surface area contributed by atoms with Gasteiger partial charge in [0, 0.05) is 44.2 Å². The molecule has 0 spiro atoms. The summed E-state index contributed by atoms with van der Waals surface area (Å²) in [6.07, 6.45) is 6.68. The van der Waals surface area contributed by atoms with E-state index < -0.39 is 0 Å². The van der Waals surface area contributed by atoms with Crippen LogP contribution in [0.15, 0.2) is 18.2 Å². The van der Waals surface area contributed by atoms with Gasteiger partial charge in [-0.3, -0.25) is 9.69 Å². The molecule has 2 saturated heterocycles. The van der Waals surface area contributed by atoms with Crippen molar-refractivity contribution in [3.05, 3.63) is 23.8 Å². The molecule has 2 aliphatic rings. The third-order valence-electron chi connectivity index (χ3n) is 6.83. The number of amides is 1. The minimum Gasteiger partial charge on any atom is -0.507 e. The monoisotopic (exact) mass is 417 g/mol. The Morgan fingerprint density at radius 3 is 2.67 bits per heavy atom. The van der Waals surface area contributed by atoms with Gasteiger partial charge in [0.05, 0.1) is 7.11 Å². The zero-order valence-electron chi connectivity index (χ0n) is 18.7. The topological polar surface area (TPSA) is 65.0 Å². The largest absolute Gasteiger partial charge is 0.507 e. The van der Waals surface area contributed by atoms with E-state index >= 15 is 0 Å². The molecule has 2 atom stereocenters. The molecule has 1 amide bonds. The summed E-state index contributed by atoms with van der Waals surface area (Å²) in [6.45, 7) is 9.01. The predicted octanol–water partition coefficient (Wildman–Crippen LogP) is 3.24. The number of hydrogen-bond donors (Lipinski definition) is 2. The van der Waals surface area contributed by atoms with Crippen LogP contribution in [-0.4, -0.2) is 67.2 Å². The van der Waals surface area contributed by atoms with Gasteiger partial charge >= 0.3 is 0 Å². The highest BCUT2D eigenvalue weighted by Crippen LogP contribution is 2.31. The van der Waals surface area contributed by atoms with E-state index in [1.165, 1.54) is 32.4 Å². The van der Waals surface area contributed by atoms with Crippen LogP contribution in [0.3, 0.4) is 0 Å². The van der Waals surface area contributed by atoms with Gasteiger partial charge in [0.25, 0.3) is 0 Å². The third kappa shape index (κ3) is 6.61. The average Bonchev–Trinajstić information content (AvgIpc) is 2.76. The quantitative estimate of drug-likeness (QED) is 0.646. The molecule has 0 aliphatic carbocycles. The lowest BCUT2D eigenvalue weighted by Gasteiger charge is -2.38. The molecule has 0 saturated carbocycles. The number of aromatic hydroxyl groups is 1. The van der Waals surface area contributed by atoms with Crippen LogP contribution in [0, 0.1) is 11.8 Å². The maximum atomic E-state index is 12.5. The van der Waals surface area contributed by atoms with Crippen LogP contribution < -0.4 is 10.1 Å². The average molecular weight is 418 g/mol. The number of rotatable bonds is 9. The molecule has 0 bridgehead atoms. The molecule has 2 heterocycles. The lowest BCUT2D eigenvalue weighted by atomic mass is 9.81. The molecule has 0 unspecified atom stereocenters. The molecule has 30 heavy (non-hydrogen) atoms. The molecule has 168 valence electrons. The van der Waals surface area contributed by atoms with E-state index in [-0.39, 0.29) is 11.7 Å². The first-order chi connectivity index (χ1) is 14.6. The Morgan fingerprint density at radius 1 is 1.17 bits per heavy atom. The highest BCUT2D eigenvalue weighted by molar-refractivity contribution is 5.76. The van der Waals surface area contributed by atoms with Crippen molar-refractivity contribution in [1.82, 2.24) is 15.1 Å². The number of phenolic OH excluding ortho intramolecular Hbond substituents is 1. The van der Waals surface area contributed by atoms with Gasteiger partial charge in [0.2, 0.25) is 5.91 Å². The van der Waals surface area contributed by atoms with E-state index in [0.717, 1.165) is 51.1 Å². The number of nitrogens with one attached hydrogen (secondary N) is 1. The van der Waals surface area contributed by atoms with E-state index in [4.69, 9.17) is 4.74 Å². The molecular formula is C24H39N3O3. The van der Waals surface area contributed by atoms with Crippen molar-refractivity contribution in [2.24, 2.45) is 11.8 Å². The first-order valence-electron chi connectivity index (χ1n) is 11.7. The summed E-state index contributed by atoms with van der Waals surface area (Å²) in [5.74, 6) is 2.14. The summed E-state index contributed by atoms with van der Waals surface area (Å²) in [7, 11) is 1.61. The number of hydrogen-bond acceptors (Lipinski definition) is 5. The Labute approximate surface area is 181 Å². The van der Waals surface area contributed by atoms with Gasteiger partial charge in [-0.05, 0) is 56.8 Å². The van der Waals surface area contributed by atoms with Crippen LogP contribution in [0.4, 0.5) is 0 Å². The van der Waals surface area contributed by atoms with Crippen molar-refractivity contribution < 1.29 is 14.6 Å². The lowest BCUT2D eigenvalue weighted by Crippen LogP contribution is -2.42. The summed E-state index contributed by atoms with van der Waals surface area (Å²) in [5.41, 5.74) is 0.930. The van der Waals surface area contributed by atoms with Gasteiger partial charge in [-0.15, -0.1) is 0 Å². The summed E-state index contributed by atoms with van der Waals surface area (Å²) in [6, 6.07) is 5.51. The van der Waals surface area contributed by atoms with Gasteiger partial charge in [0.15, 0.2) is 0 Å². The Bertz CT molecular complexity index is 676. The van der Waals surface area contributed by atoms with Crippen molar-refractivity contribution in [1.29, 1.82) is 0 Å². The zero-order valence-corrected chi connectivity index (χ0v) is 18.7. The zero-order chi connectivity index (χ0) is 21.3. The van der Waals surface area contributed by atoms with E-state index in [0.29, 0.717) is 24.0 Å². The highest BCUT2D eigenvalue weighted by atomic mass is 16.5. The molecule has 1 aromatic rings. The van der Waals surface area contributed by atoms with Crippen LogP contribution in [0.2, 0.25) is 0 Å². The lowest BCUT2D eigenvalue weighted by molar-refractivity contribution is -0.123. The smallest absolute Gasteiger partial charge is 0.220 e. The van der Waals surface area contributed by atoms with E-state index in [9.17, 15) is 9.90 Å². The number of likely N-dealkylation sites (tertiary alicyclic amines) is 2. The highest BCUT2D eigenvalue weighted by Gasteiger charge is 2.30. The molecule has 2 aliphatic heterocycles. The SMILES string of the molecule is CC[C@@H]1CN(Cc2ccc(OC)cc2O)CC[C@H]1CC(=O)NCCN1CCCCC1. The van der Waals surface area contributed by atoms with Crippen LogP contribution in [0.1, 0.15) is 51.0 Å². The Morgan fingerprint density at radius 2 is 1.97 bits per heavy atom. The molecular weight excluding hydrogens is 378 g/mol. The fourth-order valence-electron chi connectivity index (χ4n) is 4.92. The Balaban J connectivity index is 1.42. The van der Waals surface area contributed by atoms with Gasteiger partial charge in [-0.1, -0.05) is 25.8 Å². The first kappa shape index (κ1) is 22.9. The van der Waals surface area contributed by atoms with Crippen molar-refractivity contribution in [3.8, 4) is 11.5 Å². The molecule has 2 N–H and O–H groups in total. The normalized spacial score (nSPS) is 23.3. The molecule has 1 aromatic carbocycles.